The first-order chi connectivity index (χ1) is 14.0. The Morgan fingerprint density at radius 2 is 1.76 bits per heavy atom. The molecule has 2 N–H and O–H groups in total. The van der Waals surface area contributed by atoms with Crippen LogP contribution in [0.3, 0.4) is 0 Å². The number of carbonyl (C=O) groups is 2. The molecule has 2 aromatic carbocycles. The lowest BCUT2D eigenvalue weighted by Crippen LogP contribution is -2.45. The molecule has 5 nitrogen and oxygen atoms in total. The van der Waals surface area contributed by atoms with Crippen molar-refractivity contribution in [3.8, 4) is 0 Å². The highest BCUT2D eigenvalue weighted by Gasteiger charge is 2.28. The standard InChI is InChI=1S/C24H27N3O2/c1-16(24(29)26-20-9-7-18(8-10-20)17(2)28)27-13-11-19(12-14-27)22-15-25-23-6-4-3-5-21(22)23/h3-10,15-16,19,25H,11-14H2,1-2H3,(H,26,29)/t16-/m0/s1. The summed E-state index contributed by atoms with van der Waals surface area (Å²) in [6, 6.07) is 15.3. The maximum Gasteiger partial charge on any atom is 0.241 e. The number of ketones is 1. The van der Waals surface area contributed by atoms with Crippen molar-refractivity contribution in [3.05, 3.63) is 65.9 Å². The number of nitrogens with one attached hydrogen (secondary N) is 2. The zero-order valence-corrected chi connectivity index (χ0v) is 16.9. The number of piperidine rings is 1. The summed E-state index contributed by atoms with van der Waals surface area (Å²) < 4.78 is 0. The van der Waals surface area contributed by atoms with Crippen LogP contribution in [0, 0.1) is 0 Å². The van der Waals surface area contributed by atoms with Crippen molar-refractivity contribution in [2.45, 2.75) is 38.6 Å². The van der Waals surface area contributed by atoms with Gasteiger partial charge in [0.25, 0.3) is 0 Å². The first-order valence-electron chi connectivity index (χ1n) is 10.2. The van der Waals surface area contributed by atoms with Crippen LogP contribution in [0.25, 0.3) is 10.9 Å². The van der Waals surface area contributed by atoms with E-state index in [9.17, 15) is 9.59 Å². The molecule has 1 fully saturated rings. The summed E-state index contributed by atoms with van der Waals surface area (Å²) in [7, 11) is 0. The van der Waals surface area contributed by atoms with Gasteiger partial charge >= 0.3 is 0 Å². The fraction of sp³-hybridized carbons (Fsp3) is 0.333. The average molecular weight is 389 g/mol. The monoisotopic (exact) mass is 389 g/mol. The van der Waals surface area contributed by atoms with E-state index >= 15 is 0 Å². The fourth-order valence-electron chi connectivity index (χ4n) is 4.23. The molecule has 1 aliphatic heterocycles. The Bertz CT molecular complexity index is 1010. The van der Waals surface area contributed by atoms with E-state index in [2.05, 4.69) is 45.7 Å². The fourth-order valence-corrected chi connectivity index (χ4v) is 4.23. The van der Waals surface area contributed by atoms with Gasteiger partial charge in [0.2, 0.25) is 5.91 Å². The van der Waals surface area contributed by atoms with Crippen LogP contribution in [-0.4, -0.2) is 40.7 Å². The minimum absolute atomic E-state index is 0.00822. The molecule has 150 valence electrons. The summed E-state index contributed by atoms with van der Waals surface area (Å²) in [6.45, 7) is 5.31. The highest BCUT2D eigenvalue weighted by molar-refractivity contribution is 5.97. The van der Waals surface area contributed by atoms with Crippen LogP contribution in [0.4, 0.5) is 5.69 Å². The third kappa shape index (κ3) is 4.10. The van der Waals surface area contributed by atoms with Crippen LogP contribution in [0.5, 0.6) is 0 Å². The smallest absolute Gasteiger partial charge is 0.241 e. The number of aromatic amines is 1. The van der Waals surface area contributed by atoms with E-state index < -0.39 is 0 Å². The molecule has 4 rings (SSSR count). The third-order valence-corrected chi connectivity index (χ3v) is 6.08. The maximum atomic E-state index is 12.7. The van der Waals surface area contributed by atoms with Crippen molar-refractivity contribution < 1.29 is 9.59 Å². The highest BCUT2D eigenvalue weighted by atomic mass is 16.2. The molecule has 0 saturated carbocycles. The molecule has 0 spiro atoms. The minimum atomic E-state index is -0.189. The number of carbonyl (C=O) groups excluding carboxylic acids is 2. The van der Waals surface area contributed by atoms with Crippen molar-refractivity contribution >= 4 is 28.3 Å². The largest absolute Gasteiger partial charge is 0.361 e. The number of para-hydroxylation sites is 1. The lowest BCUT2D eigenvalue weighted by Gasteiger charge is -2.35. The van der Waals surface area contributed by atoms with Crippen molar-refractivity contribution in [3.63, 3.8) is 0 Å². The van der Waals surface area contributed by atoms with Gasteiger partial charge < -0.3 is 10.3 Å². The molecule has 1 aliphatic rings. The normalized spacial score (nSPS) is 16.6. The zero-order chi connectivity index (χ0) is 20.4. The molecule has 5 heteroatoms. The molecule has 0 radical (unpaired) electrons. The van der Waals surface area contributed by atoms with E-state index in [0.717, 1.165) is 31.6 Å². The number of nitrogens with zero attached hydrogens (tertiary/aromatic N) is 1. The highest BCUT2D eigenvalue weighted by Crippen LogP contribution is 2.33. The van der Waals surface area contributed by atoms with Crippen molar-refractivity contribution in [1.82, 2.24) is 9.88 Å². The van der Waals surface area contributed by atoms with Crippen molar-refractivity contribution in [1.29, 1.82) is 0 Å². The second-order valence-electron chi connectivity index (χ2n) is 7.90. The molecule has 1 aromatic heterocycles. The van der Waals surface area contributed by atoms with Gasteiger partial charge in [-0.15, -0.1) is 0 Å². The van der Waals surface area contributed by atoms with Gasteiger partial charge in [0.1, 0.15) is 0 Å². The number of likely N-dealkylation sites (tertiary alicyclic amines) is 1. The third-order valence-electron chi connectivity index (χ3n) is 6.08. The van der Waals surface area contributed by atoms with Crippen LogP contribution >= 0.6 is 0 Å². The molecule has 0 unspecified atom stereocenters. The van der Waals surface area contributed by atoms with Crippen LogP contribution in [-0.2, 0) is 4.79 Å². The molecule has 0 aliphatic carbocycles. The predicted molar refractivity (Wildman–Crippen MR) is 116 cm³/mol. The molecule has 1 atom stereocenters. The molecule has 2 heterocycles. The summed E-state index contributed by atoms with van der Waals surface area (Å²) in [5.41, 5.74) is 3.95. The SMILES string of the molecule is CC(=O)c1ccc(NC(=O)[C@H](C)N2CCC(c3c[nH]c4ccccc34)CC2)cc1. The van der Waals surface area contributed by atoms with Gasteiger partial charge in [0.15, 0.2) is 5.78 Å². The summed E-state index contributed by atoms with van der Waals surface area (Å²) in [4.78, 5) is 29.7. The predicted octanol–water partition coefficient (Wildman–Crippen LogP) is 4.58. The number of benzene rings is 2. The Hall–Kier alpha value is -2.92. The topological polar surface area (TPSA) is 65.2 Å². The van der Waals surface area contributed by atoms with E-state index in [0.29, 0.717) is 11.5 Å². The van der Waals surface area contributed by atoms with Gasteiger partial charge in [-0.05, 0) is 81.6 Å². The molecule has 1 amide bonds. The van der Waals surface area contributed by atoms with E-state index in [1.54, 1.807) is 24.3 Å². The van der Waals surface area contributed by atoms with Crippen molar-refractivity contribution in [2.75, 3.05) is 18.4 Å². The number of rotatable bonds is 5. The second kappa shape index (κ2) is 8.21. The Labute approximate surface area is 171 Å². The zero-order valence-electron chi connectivity index (χ0n) is 16.9. The van der Waals surface area contributed by atoms with Crippen LogP contribution in [0.15, 0.2) is 54.7 Å². The number of aromatic nitrogens is 1. The number of hydrogen-bond acceptors (Lipinski definition) is 3. The van der Waals surface area contributed by atoms with Gasteiger partial charge in [0.05, 0.1) is 6.04 Å². The number of Topliss-reactive ketones (excluding diaryl/α,β-unsaturated/α-hetero) is 1. The van der Waals surface area contributed by atoms with E-state index in [1.165, 1.54) is 23.4 Å². The molecular formula is C24H27N3O2. The lowest BCUT2D eigenvalue weighted by atomic mass is 9.88. The number of H-pyrrole nitrogens is 1. The molecule has 3 aromatic rings. The minimum Gasteiger partial charge on any atom is -0.361 e. The lowest BCUT2D eigenvalue weighted by molar-refractivity contribution is -0.121. The first-order valence-corrected chi connectivity index (χ1v) is 10.2. The quantitative estimate of drug-likeness (QED) is 0.628. The van der Waals surface area contributed by atoms with Gasteiger partial charge in [-0.1, -0.05) is 18.2 Å². The number of hydrogen-bond donors (Lipinski definition) is 2. The van der Waals surface area contributed by atoms with Gasteiger partial charge in [0, 0.05) is 28.4 Å². The van der Waals surface area contributed by atoms with Crippen LogP contribution < -0.4 is 5.32 Å². The number of anilines is 1. The van der Waals surface area contributed by atoms with Crippen LogP contribution in [0.2, 0.25) is 0 Å². The summed E-state index contributed by atoms with van der Waals surface area (Å²) >= 11 is 0. The number of fused-ring (bicyclic) bond motifs is 1. The average Bonchev–Trinajstić information content (AvgIpc) is 3.18. The number of amides is 1. The van der Waals surface area contributed by atoms with E-state index in [4.69, 9.17) is 0 Å². The summed E-state index contributed by atoms with van der Waals surface area (Å²) in [5.74, 6) is 0.539. The van der Waals surface area contributed by atoms with E-state index in [1.807, 2.05) is 6.92 Å². The molecule has 0 bridgehead atoms. The second-order valence-corrected chi connectivity index (χ2v) is 7.90. The van der Waals surface area contributed by atoms with E-state index in [-0.39, 0.29) is 17.7 Å². The first kappa shape index (κ1) is 19.4. The van der Waals surface area contributed by atoms with Crippen molar-refractivity contribution in [2.24, 2.45) is 0 Å². The summed E-state index contributed by atoms with van der Waals surface area (Å²) in [6.07, 6.45) is 4.24. The molecular weight excluding hydrogens is 362 g/mol. The Morgan fingerprint density at radius 1 is 1.07 bits per heavy atom. The Morgan fingerprint density at radius 3 is 2.45 bits per heavy atom. The van der Waals surface area contributed by atoms with Gasteiger partial charge in [-0.2, -0.15) is 0 Å². The van der Waals surface area contributed by atoms with Crippen LogP contribution in [0.1, 0.15) is 48.5 Å². The van der Waals surface area contributed by atoms with Gasteiger partial charge in [-0.25, -0.2) is 0 Å². The van der Waals surface area contributed by atoms with Gasteiger partial charge in [-0.3, -0.25) is 14.5 Å². The Balaban J connectivity index is 1.35. The summed E-state index contributed by atoms with van der Waals surface area (Å²) in [5, 5.41) is 4.28. The molecule has 1 saturated heterocycles. The molecule has 29 heavy (non-hydrogen) atoms. The maximum absolute atomic E-state index is 12.7. The Kier molecular flexibility index (Phi) is 5.49.